The Bertz CT molecular complexity index is 114. The molecular weight excluding hydrogens is 227 g/mol. The molecule has 0 saturated carbocycles. The summed E-state index contributed by atoms with van der Waals surface area (Å²) < 4.78 is 2.15. The van der Waals surface area contributed by atoms with E-state index in [1.54, 1.807) is 0 Å². The van der Waals surface area contributed by atoms with Crippen LogP contribution in [0.1, 0.15) is 13.3 Å². The molecule has 0 radical (unpaired) electrons. The van der Waals surface area contributed by atoms with Gasteiger partial charge in [0.1, 0.15) is 0 Å². The zero-order valence-electron chi connectivity index (χ0n) is 5.55. The molecule has 1 rings (SSSR count). The maximum absolute atomic E-state index is 2.30. The molecule has 0 aliphatic carbocycles. The fraction of sp³-hybridized carbons (Fsp3) is 0.667. The summed E-state index contributed by atoms with van der Waals surface area (Å²) in [7, 11) is 0. The van der Waals surface area contributed by atoms with Gasteiger partial charge in [-0.05, 0) is 6.42 Å². The number of hydrogen-bond acceptors (Lipinski definition) is 2. The molecule has 0 aromatic rings. The van der Waals surface area contributed by atoms with Gasteiger partial charge in [-0.15, -0.1) is 0 Å². The van der Waals surface area contributed by atoms with E-state index in [-0.39, 0.29) is 0 Å². The van der Waals surface area contributed by atoms with Crippen molar-refractivity contribution in [3.8, 4) is 0 Å². The quantitative estimate of drug-likeness (QED) is 0.534. The summed E-state index contributed by atoms with van der Waals surface area (Å²) in [6.45, 7) is 4.42. The van der Waals surface area contributed by atoms with Crippen molar-refractivity contribution in [2.24, 2.45) is 0 Å². The third kappa shape index (κ3) is 2.04. The van der Waals surface area contributed by atoms with Crippen molar-refractivity contribution in [3.05, 3.63) is 12.4 Å². The number of rotatable bonds is 2. The molecule has 0 N–H and O–H groups in total. The molecule has 0 bridgehead atoms. The van der Waals surface area contributed by atoms with Crippen LogP contribution in [-0.2, 0) is 0 Å². The smallest absolute Gasteiger partial charge is 0.0987 e. The first kappa shape index (κ1) is 7.18. The van der Waals surface area contributed by atoms with Crippen molar-refractivity contribution in [1.82, 2.24) is 8.01 Å². The molecule has 0 aromatic heterocycles. The summed E-state index contributed by atoms with van der Waals surface area (Å²) in [4.78, 5) is 2.30. The fourth-order valence-electron chi connectivity index (χ4n) is 0.867. The van der Waals surface area contributed by atoms with Gasteiger partial charge in [0.05, 0.1) is 29.5 Å². The molecule has 1 aliphatic heterocycles. The van der Waals surface area contributed by atoms with E-state index in [0.29, 0.717) is 0 Å². The summed E-state index contributed by atoms with van der Waals surface area (Å²) in [5, 5.41) is 0. The Morgan fingerprint density at radius 2 is 2.33 bits per heavy atom. The first-order valence-electron chi connectivity index (χ1n) is 3.17. The van der Waals surface area contributed by atoms with Gasteiger partial charge in [-0.1, -0.05) is 6.92 Å². The molecule has 0 aromatic carbocycles. The lowest BCUT2D eigenvalue weighted by molar-refractivity contribution is 0.357. The van der Waals surface area contributed by atoms with Crippen LogP contribution in [0.5, 0.6) is 0 Å². The Labute approximate surface area is 70.0 Å². The molecule has 0 amide bonds. The maximum Gasteiger partial charge on any atom is 0.0987 e. The predicted octanol–water partition coefficient (Wildman–Crippen LogP) is 1.79. The van der Waals surface area contributed by atoms with E-state index in [0.717, 1.165) is 6.67 Å². The summed E-state index contributed by atoms with van der Waals surface area (Å²) in [6.07, 6.45) is 5.46. The Morgan fingerprint density at radius 1 is 1.56 bits per heavy atom. The number of nitrogens with zero attached hydrogens (tertiary/aromatic N) is 2. The molecule has 52 valence electrons. The van der Waals surface area contributed by atoms with Crippen LogP contribution in [-0.4, -0.2) is 21.2 Å². The van der Waals surface area contributed by atoms with Crippen LogP contribution in [0.4, 0.5) is 0 Å². The van der Waals surface area contributed by atoms with Crippen LogP contribution in [0, 0.1) is 0 Å². The average Bonchev–Trinajstić information content (AvgIpc) is 2.17. The molecule has 0 spiro atoms. The summed E-state index contributed by atoms with van der Waals surface area (Å²) in [6, 6.07) is 0. The normalized spacial score (nSPS) is 17.6. The van der Waals surface area contributed by atoms with E-state index in [4.69, 9.17) is 0 Å². The summed E-state index contributed by atoms with van der Waals surface area (Å²) in [5.41, 5.74) is 0. The van der Waals surface area contributed by atoms with Crippen LogP contribution < -0.4 is 0 Å². The Balaban J connectivity index is 2.24. The molecule has 1 aliphatic rings. The van der Waals surface area contributed by atoms with Crippen molar-refractivity contribution in [2.45, 2.75) is 13.3 Å². The molecule has 2 nitrogen and oxygen atoms in total. The van der Waals surface area contributed by atoms with Gasteiger partial charge in [-0.2, -0.15) is 0 Å². The van der Waals surface area contributed by atoms with Gasteiger partial charge in [-0.25, -0.2) is 0 Å². The highest BCUT2D eigenvalue weighted by Crippen LogP contribution is 2.10. The standard InChI is InChI=1S/C6H11IN2/c1-2-3-8-4-5-9(7)6-8/h4-5H,2-3,6H2,1H3. The molecule has 0 fully saturated rings. The second-order valence-corrected chi connectivity index (χ2v) is 3.39. The van der Waals surface area contributed by atoms with E-state index >= 15 is 0 Å². The Hall–Kier alpha value is 0.0700. The van der Waals surface area contributed by atoms with Crippen molar-refractivity contribution in [3.63, 3.8) is 0 Å². The lowest BCUT2D eigenvalue weighted by Crippen LogP contribution is -2.19. The lowest BCUT2D eigenvalue weighted by Gasteiger charge is -2.14. The van der Waals surface area contributed by atoms with Gasteiger partial charge in [-0.3, -0.25) is 0 Å². The first-order chi connectivity index (χ1) is 4.33. The van der Waals surface area contributed by atoms with Gasteiger partial charge >= 0.3 is 0 Å². The van der Waals surface area contributed by atoms with Gasteiger partial charge in [0.25, 0.3) is 0 Å². The highest BCUT2D eigenvalue weighted by molar-refractivity contribution is 14.1. The maximum atomic E-state index is 2.30. The van der Waals surface area contributed by atoms with Crippen LogP contribution >= 0.6 is 22.9 Å². The van der Waals surface area contributed by atoms with E-state index in [1.165, 1.54) is 13.0 Å². The van der Waals surface area contributed by atoms with E-state index < -0.39 is 0 Å². The third-order valence-corrected chi connectivity index (χ3v) is 1.89. The minimum Gasteiger partial charge on any atom is -0.358 e. The molecule has 9 heavy (non-hydrogen) atoms. The van der Waals surface area contributed by atoms with Crippen molar-refractivity contribution < 1.29 is 0 Å². The fourth-order valence-corrected chi connectivity index (χ4v) is 1.40. The van der Waals surface area contributed by atoms with E-state index in [1.807, 2.05) is 0 Å². The molecule has 0 saturated heterocycles. The Kier molecular flexibility index (Phi) is 2.63. The van der Waals surface area contributed by atoms with Gasteiger partial charge in [0, 0.05) is 18.9 Å². The van der Waals surface area contributed by atoms with Crippen LogP contribution in [0.3, 0.4) is 0 Å². The minimum absolute atomic E-state index is 1.05. The molecule has 1 heterocycles. The zero-order chi connectivity index (χ0) is 6.69. The molecule has 0 unspecified atom stereocenters. The minimum atomic E-state index is 1.05. The van der Waals surface area contributed by atoms with E-state index in [9.17, 15) is 0 Å². The highest BCUT2D eigenvalue weighted by atomic mass is 127. The van der Waals surface area contributed by atoms with Crippen molar-refractivity contribution in [1.29, 1.82) is 0 Å². The summed E-state index contributed by atoms with van der Waals surface area (Å²) >= 11 is 2.29. The topological polar surface area (TPSA) is 6.48 Å². The zero-order valence-corrected chi connectivity index (χ0v) is 7.71. The largest absolute Gasteiger partial charge is 0.358 e. The monoisotopic (exact) mass is 238 g/mol. The summed E-state index contributed by atoms with van der Waals surface area (Å²) in [5.74, 6) is 0. The lowest BCUT2D eigenvalue weighted by atomic mass is 10.4. The third-order valence-electron chi connectivity index (χ3n) is 1.27. The first-order valence-corrected chi connectivity index (χ1v) is 4.14. The van der Waals surface area contributed by atoms with Gasteiger partial charge in [0.15, 0.2) is 0 Å². The second-order valence-electron chi connectivity index (χ2n) is 2.15. The number of halogens is 1. The molecular formula is C6H11IN2. The van der Waals surface area contributed by atoms with Crippen LogP contribution in [0.25, 0.3) is 0 Å². The van der Waals surface area contributed by atoms with Gasteiger partial charge < -0.3 is 8.01 Å². The SMILES string of the molecule is CCCN1C=CN(I)C1. The van der Waals surface area contributed by atoms with E-state index in [2.05, 4.69) is 50.2 Å². The molecule has 0 atom stereocenters. The number of hydrogen-bond donors (Lipinski definition) is 0. The highest BCUT2D eigenvalue weighted by Gasteiger charge is 2.06. The van der Waals surface area contributed by atoms with Crippen molar-refractivity contribution in [2.75, 3.05) is 13.2 Å². The molecule has 3 heteroatoms. The predicted molar refractivity (Wildman–Crippen MR) is 46.9 cm³/mol. The van der Waals surface area contributed by atoms with Crippen LogP contribution in [0.2, 0.25) is 0 Å². The Morgan fingerprint density at radius 3 is 2.78 bits per heavy atom. The average molecular weight is 238 g/mol. The van der Waals surface area contributed by atoms with Crippen LogP contribution in [0.15, 0.2) is 12.4 Å². The van der Waals surface area contributed by atoms with Gasteiger partial charge in [0.2, 0.25) is 0 Å². The van der Waals surface area contributed by atoms with Crippen molar-refractivity contribution >= 4 is 22.9 Å². The second kappa shape index (κ2) is 3.29.